The van der Waals surface area contributed by atoms with Crippen LogP contribution < -0.4 is 19.3 Å². The minimum absolute atomic E-state index is 0.0300. The topological polar surface area (TPSA) is 56.1 Å². The predicted octanol–water partition coefficient (Wildman–Crippen LogP) is 2.17. The molecule has 0 atom stereocenters. The van der Waals surface area contributed by atoms with Gasteiger partial charge in [0.2, 0.25) is 0 Å². The summed E-state index contributed by atoms with van der Waals surface area (Å²) in [5.41, 5.74) is 2.62. The second-order valence-corrected chi connectivity index (χ2v) is 8.25. The van der Waals surface area contributed by atoms with E-state index >= 15 is 0 Å². The van der Waals surface area contributed by atoms with Crippen LogP contribution in [0.4, 0.5) is 5.13 Å². The molecule has 1 amide bonds. The molecule has 0 saturated carbocycles. The lowest BCUT2D eigenvalue weighted by molar-refractivity contribution is -0.856. The fraction of sp³-hybridized carbons (Fsp3) is 0.333. The molecule has 4 rings (SSSR count). The van der Waals surface area contributed by atoms with Gasteiger partial charge >= 0.3 is 0 Å². The van der Waals surface area contributed by atoms with Crippen molar-refractivity contribution in [1.29, 1.82) is 0 Å². The van der Waals surface area contributed by atoms with E-state index in [-0.39, 0.29) is 5.91 Å². The number of carbonyl (C=O) groups excluding carboxylic acids is 1. The number of amides is 1. The Bertz CT molecular complexity index is 955. The highest BCUT2D eigenvalue weighted by Gasteiger charge is 2.23. The van der Waals surface area contributed by atoms with Crippen molar-refractivity contribution in [2.75, 3.05) is 45.3 Å². The van der Waals surface area contributed by atoms with Crippen molar-refractivity contribution in [2.45, 2.75) is 6.92 Å². The average molecular weight is 399 g/mol. The second kappa shape index (κ2) is 7.77. The summed E-state index contributed by atoms with van der Waals surface area (Å²) in [5.74, 6) is 1.42. The van der Waals surface area contributed by atoms with E-state index in [2.05, 4.69) is 14.1 Å². The Morgan fingerprint density at radius 3 is 2.50 bits per heavy atom. The predicted molar refractivity (Wildman–Crippen MR) is 111 cm³/mol. The van der Waals surface area contributed by atoms with Gasteiger partial charge in [-0.3, -0.25) is 9.69 Å². The SMILES string of the molecule is Cc1ccc(C(=O)N(CC[NH+](C)C)c2nc3cc4c(cc3s2)OCCO4)cc1. The molecular formula is C21H24N3O3S+. The molecule has 2 heterocycles. The average Bonchev–Trinajstić information content (AvgIpc) is 3.08. The highest BCUT2D eigenvalue weighted by atomic mass is 32.1. The number of rotatable bonds is 5. The summed E-state index contributed by atoms with van der Waals surface area (Å²) < 4.78 is 12.3. The molecule has 28 heavy (non-hydrogen) atoms. The molecule has 6 nitrogen and oxygen atoms in total. The summed E-state index contributed by atoms with van der Waals surface area (Å²) in [5, 5.41) is 0.698. The highest BCUT2D eigenvalue weighted by molar-refractivity contribution is 7.22. The first-order valence-corrected chi connectivity index (χ1v) is 10.2. The summed E-state index contributed by atoms with van der Waals surface area (Å²) in [4.78, 5) is 21.0. The van der Waals surface area contributed by atoms with E-state index in [9.17, 15) is 4.79 Å². The number of carbonyl (C=O) groups is 1. The van der Waals surface area contributed by atoms with Crippen LogP contribution in [-0.4, -0.2) is 51.3 Å². The van der Waals surface area contributed by atoms with Gasteiger partial charge in [-0.1, -0.05) is 29.0 Å². The second-order valence-electron chi connectivity index (χ2n) is 7.24. The number of anilines is 1. The first kappa shape index (κ1) is 18.7. The van der Waals surface area contributed by atoms with Crippen LogP contribution >= 0.6 is 11.3 Å². The quantitative estimate of drug-likeness (QED) is 0.716. The molecule has 146 valence electrons. The molecule has 0 aliphatic carbocycles. The molecule has 7 heteroatoms. The van der Waals surface area contributed by atoms with Crippen LogP contribution in [0.5, 0.6) is 11.5 Å². The molecular weight excluding hydrogens is 374 g/mol. The number of hydrogen-bond acceptors (Lipinski definition) is 5. The molecule has 1 aromatic heterocycles. The van der Waals surface area contributed by atoms with Crippen molar-refractivity contribution in [2.24, 2.45) is 0 Å². The Morgan fingerprint density at radius 1 is 1.14 bits per heavy atom. The molecule has 0 spiro atoms. The van der Waals surface area contributed by atoms with Crippen molar-refractivity contribution in [3.05, 3.63) is 47.5 Å². The van der Waals surface area contributed by atoms with Gasteiger partial charge in [-0.25, -0.2) is 4.98 Å². The van der Waals surface area contributed by atoms with Crippen LogP contribution in [0.25, 0.3) is 10.2 Å². The molecule has 3 aromatic rings. The van der Waals surface area contributed by atoms with Gasteiger partial charge in [0.05, 0.1) is 37.4 Å². The van der Waals surface area contributed by atoms with E-state index in [0.29, 0.717) is 36.2 Å². The Balaban J connectivity index is 1.70. The van der Waals surface area contributed by atoms with E-state index in [4.69, 9.17) is 14.5 Å². The fourth-order valence-electron chi connectivity index (χ4n) is 3.04. The van der Waals surface area contributed by atoms with E-state index in [1.165, 1.54) is 16.2 Å². The Morgan fingerprint density at radius 2 is 1.82 bits per heavy atom. The largest absolute Gasteiger partial charge is 0.486 e. The number of benzene rings is 2. The number of aryl methyl sites for hydroxylation is 1. The zero-order valence-electron chi connectivity index (χ0n) is 16.3. The van der Waals surface area contributed by atoms with Gasteiger partial charge in [0, 0.05) is 17.7 Å². The van der Waals surface area contributed by atoms with Gasteiger partial charge in [0.15, 0.2) is 16.6 Å². The smallest absolute Gasteiger partial charge is 0.260 e. The molecule has 0 fully saturated rings. The Labute approximate surface area is 168 Å². The number of quaternary nitrogens is 1. The lowest BCUT2D eigenvalue weighted by Gasteiger charge is -2.20. The van der Waals surface area contributed by atoms with Gasteiger partial charge in [0.25, 0.3) is 5.91 Å². The lowest BCUT2D eigenvalue weighted by Crippen LogP contribution is -3.06. The standard InChI is InChI=1S/C21H23N3O3S/c1-14-4-6-15(7-5-14)20(25)24(9-8-23(2)3)21-22-16-12-17-18(13-19(16)28-21)27-11-10-26-17/h4-7,12-13H,8-11H2,1-3H3/p+1. The van der Waals surface area contributed by atoms with Gasteiger partial charge in [0.1, 0.15) is 13.2 Å². The highest BCUT2D eigenvalue weighted by Crippen LogP contribution is 2.38. The molecule has 0 unspecified atom stereocenters. The maximum atomic E-state index is 13.2. The summed E-state index contributed by atoms with van der Waals surface area (Å²) in [6.45, 7) is 4.53. The minimum atomic E-state index is -0.0300. The van der Waals surface area contributed by atoms with E-state index in [0.717, 1.165) is 28.1 Å². The summed E-state index contributed by atoms with van der Waals surface area (Å²) >= 11 is 1.51. The van der Waals surface area contributed by atoms with Crippen molar-refractivity contribution in [3.63, 3.8) is 0 Å². The number of nitrogens with zero attached hydrogens (tertiary/aromatic N) is 2. The number of likely N-dealkylation sites (N-methyl/N-ethyl adjacent to an activating group) is 1. The van der Waals surface area contributed by atoms with E-state index in [1.807, 2.05) is 43.3 Å². The Hall–Kier alpha value is -2.64. The van der Waals surface area contributed by atoms with Crippen molar-refractivity contribution in [1.82, 2.24) is 4.98 Å². The maximum absolute atomic E-state index is 13.2. The third-order valence-corrected chi connectivity index (χ3v) is 5.69. The monoisotopic (exact) mass is 398 g/mol. The Kier molecular flexibility index (Phi) is 5.19. The van der Waals surface area contributed by atoms with Gasteiger partial charge < -0.3 is 14.4 Å². The van der Waals surface area contributed by atoms with Crippen LogP contribution in [-0.2, 0) is 0 Å². The third-order valence-electron chi connectivity index (χ3n) is 4.65. The van der Waals surface area contributed by atoms with Crippen LogP contribution in [0.1, 0.15) is 15.9 Å². The third kappa shape index (κ3) is 3.81. The number of ether oxygens (including phenoxy) is 2. The van der Waals surface area contributed by atoms with Crippen LogP contribution in [0.3, 0.4) is 0 Å². The van der Waals surface area contributed by atoms with Gasteiger partial charge in [-0.2, -0.15) is 0 Å². The molecule has 1 aliphatic heterocycles. The number of thiazole rings is 1. The van der Waals surface area contributed by atoms with Crippen molar-refractivity contribution in [3.8, 4) is 11.5 Å². The van der Waals surface area contributed by atoms with Crippen molar-refractivity contribution < 1.29 is 19.2 Å². The normalized spacial score (nSPS) is 13.1. The van der Waals surface area contributed by atoms with E-state index in [1.54, 1.807) is 4.90 Å². The first-order chi connectivity index (χ1) is 13.5. The van der Waals surface area contributed by atoms with E-state index < -0.39 is 0 Å². The first-order valence-electron chi connectivity index (χ1n) is 9.39. The lowest BCUT2D eigenvalue weighted by atomic mass is 10.1. The summed E-state index contributed by atoms with van der Waals surface area (Å²) in [6.07, 6.45) is 0. The molecule has 0 saturated heterocycles. The molecule has 1 N–H and O–H groups in total. The number of aromatic nitrogens is 1. The molecule has 2 aromatic carbocycles. The molecule has 1 aliphatic rings. The number of fused-ring (bicyclic) bond motifs is 2. The zero-order chi connectivity index (χ0) is 19.7. The zero-order valence-corrected chi connectivity index (χ0v) is 17.1. The van der Waals surface area contributed by atoms with Gasteiger partial charge in [-0.15, -0.1) is 0 Å². The summed E-state index contributed by atoms with van der Waals surface area (Å²) in [7, 11) is 4.16. The van der Waals surface area contributed by atoms with Crippen LogP contribution in [0.2, 0.25) is 0 Å². The van der Waals surface area contributed by atoms with Crippen LogP contribution in [0, 0.1) is 6.92 Å². The fourth-order valence-corrected chi connectivity index (χ4v) is 4.04. The molecule has 0 bridgehead atoms. The number of nitrogens with one attached hydrogen (secondary N) is 1. The maximum Gasteiger partial charge on any atom is 0.260 e. The van der Waals surface area contributed by atoms with Crippen LogP contribution in [0.15, 0.2) is 36.4 Å². The minimum Gasteiger partial charge on any atom is -0.486 e. The number of hydrogen-bond donors (Lipinski definition) is 1. The molecule has 0 radical (unpaired) electrons. The van der Waals surface area contributed by atoms with Crippen molar-refractivity contribution >= 4 is 32.6 Å². The summed E-state index contributed by atoms with van der Waals surface area (Å²) in [6, 6.07) is 11.5. The van der Waals surface area contributed by atoms with Gasteiger partial charge in [-0.05, 0) is 19.1 Å².